The van der Waals surface area contributed by atoms with Gasteiger partial charge in [0.2, 0.25) is 23.6 Å². The summed E-state index contributed by atoms with van der Waals surface area (Å²) in [5.41, 5.74) is 12.1. The number of nitrogens with two attached hydrogens (primary N) is 1. The van der Waals surface area contributed by atoms with E-state index >= 15 is 0 Å². The number of nitrogens with zero attached hydrogens (tertiary/aromatic N) is 1. The number of phenols is 1. The highest BCUT2D eigenvalue weighted by molar-refractivity contribution is 5.93. The van der Waals surface area contributed by atoms with Crippen LogP contribution in [-0.2, 0) is 36.8 Å². The highest BCUT2D eigenvalue weighted by Gasteiger charge is 2.28. The summed E-state index contributed by atoms with van der Waals surface area (Å²) in [7, 11) is 1.43. The van der Waals surface area contributed by atoms with E-state index in [-0.39, 0.29) is 30.9 Å². The Labute approximate surface area is 227 Å². The number of rotatable bonds is 12. The fourth-order valence-corrected chi connectivity index (χ4v) is 3.52. The van der Waals surface area contributed by atoms with Crippen molar-refractivity contribution in [3.05, 3.63) is 65.7 Å². The molecule has 2 aromatic rings. The van der Waals surface area contributed by atoms with E-state index in [9.17, 15) is 29.1 Å². The van der Waals surface area contributed by atoms with Gasteiger partial charge in [-0.3, -0.25) is 34.8 Å². The molecule has 0 aliphatic heterocycles. The van der Waals surface area contributed by atoms with E-state index in [1.807, 2.05) is 18.2 Å². The Morgan fingerprint density at radius 3 is 2.10 bits per heavy atom. The van der Waals surface area contributed by atoms with Gasteiger partial charge in [0.25, 0.3) is 5.91 Å². The summed E-state index contributed by atoms with van der Waals surface area (Å²) in [5.74, 6) is -2.60. The maximum absolute atomic E-state index is 12.9. The van der Waals surface area contributed by atoms with Crippen molar-refractivity contribution in [1.82, 2.24) is 26.4 Å². The van der Waals surface area contributed by atoms with Gasteiger partial charge in [-0.15, -0.1) is 0 Å². The molecule has 7 N–H and O–H groups in total. The predicted octanol–water partition coefficient (Wildman–Crippen LogP) is -0.490. The molecule has 0 aliphatic rings. The molecule has 0 radical (unpaired) electrons. The van der Waals surface area contributed by atoms with Crippen molar-refractivity contribution < 1.29 is 29.1 Å². The van der Waals surface area contributed by atoms with Crippen LogP contribution in [0.25, 0.3) is 0 Å². The number of hydrazine groups is 1. The van der Waals surface area contributed by atoms with Crippen LogP contribution >= 0.6 is 0 Å². The fourth-order valence-electron chi connectivity index (χ4n) is 3.52. The Morgan fingerprint density at radius 2 is 1.49 bits per heavy atom. The van der Waals surface area contributed by atoms with Crippen LogP contribution in [0.5, 0.6) is 5.75 Å². The molecule has 0 fully saturated rings. The molecule has 0 bridgehead atoms. The normalized spacial score (nSPS) is 12.8. The molecule has 2 aromatic carbocycles. The number of likely N-dealkylation sites (N-methyl/N-ethyl adjacent to an activating group) is 1. The second-order valence-electron chi connectivity index (χ2n) is 9.03. The Morgan fingerprint density at radius 1 is 0.872 bits per heavy atom. The maximum Gasteiger partial charge on any atom is 0.261 e. The number of aromatic hydroxyl groups is 1. The van der Waals surface area contributed by atoms with Gasteiger partial charge >= 0.3 is 0 Å². The Bertz CT molecular complexity index is 1140. The number of carbonyl (C=O) groups is 5. The first-order chi connectivity index (χ1) is 18.5. The monoisotopic (exact) mass is 540 g/mol. The molecule has 12 heteroatoms. The summed E-state index contributed by atoms with van der Waals surface area (Å²) >= 11 is 0. The number of benzene rings is 2. The third-order valence-corrected chi connectivity index (χ3v) is 5.98. The number of phenolic OH excluding ortho intramolecular Hbond substituents is 1. The van der Waals surface area contributed by atoms with Gasteiger partial charge in [-0.05, 0) is 36.6 Å². The summed E-state index contributed by atoms with van der Waals surface area (Å²) < 4.78 is 0. The number of hydrogen-bond acceptors (Lipinski definition) is 7. The molecule has 0 spiro atoms. The third-order valence-electron chi connectivity index (χ3n) is 5.98. The van der Waals surface area contributed by atoms with Gasteiger partial charge in [0.05, 0.1) is 12.6 Å². The molecule has 0 heterocycles. The second kappa shape index (κ2) is 15.1. The minimum atomic E-state index is -0.978. The van der Waals surface area contributed by atoms with E-state index in [1.54, 1.807) is 31.2 Å². The molecule has 3 unspecified atom stereocenters. The lowest BCUT2D eigenvalue weighted by molar-refractivity contribution is -0.140. The molecule has 2 rings (SSSR count). The van der Waals surface area contributed by atoms with Gasteiger partial charge in [0, 0.05) is 19.9 Å². The zero-order valence-electron chi connectivity index (χ0n) is 22.3. The average Bonchev–Trinajstić information content (AvgIpc) is 2.94. The summed E-state index contributed by atoms with van der Waals surface area (Å²) in [5, 5.41) is 14.3. The first-order valence-electron chi connectivity index (χ1n) is 12.5. The Balaban J connectivity index is 1.93. The highest BCUT2D eigenvalue weighted by Crippen LogP contribution is 2.11. The number of hydrogen-bond donors (Lipinski definition) is 6. The van der Waals surface area contributed by atoms with Gasteiger partial charge in [-0.2, -0.15) is 0 Å². The van der Waals surface area contributed by atoms with Gasteiger partial charge in [-0.25, -0.2) is 0 Å². The van der Waals surface area contributed by atoms with Crippen LogP contribution in [0.1, 0.15) is 31.4 Å². The SMILES string of the molecule is CCC(=O)NNC(=O)C(Cc1ccccc1)N(C)C(=O)CNC(=O)C(C)NC(=O)C(N)Cc1ccc(O)cc1. The molecule has 12 nitrogen and oxygen atoms in total. The van der Waals surface area contributed by atoms with Crippen molar-refractivity contribution >= 4 is 29.5 Å². The van der Waals surface area contributed by atoms with E-state index in [0.717, 1.165) is 11.1 Å². The lowest BCUT2D eigenvalue weighted by Crippen LogP contribution is -2.56. The van der Waals surface area contributed by atoms with E-state index in [4.69, 9.17) is 5.73 Å². The average molecular weight is 541 g/mol. The van der Waals surface area contributed by atoms with Crippen LogP contribution < -0.4 is 27.2 Å². The van der Waals surface area contributed by atoms with Gasteiger partial charge in [-0.1, -0.05) is 49.4 Å². The van der Waals surface area contributed by atoms with Gasteiger partial charge in [0.1, 0.15) is 17.8 Å². The zero-order valence-corrected chi connectivity index (χ0v) is 22.3. The molecule has 0 saturated heterocycles. The van der Waals surface area contributed by atoms with Crippen molar-refractivity contribution in [2.24, 2.45) is 5.73 Å². The molecule has 210 valence electrons. The summed E-state index contributed by atoms with van der Waals surface area (Å²) in [6, 6.07) is 12.4. The summed E-state index contributed by atoms with van der Waals surface area (Å²) in [4.78, 5) is 63.4. The van der Waals surface area contributed by atoms with Crippen LogP contribution in [0.4, 0.5) is 0 Å². The first-order valence-corrected chi connectivity index (χ1v) is 12.5. The molecule has 5 amide bonds. The second-order valence-corrected chi connectivity index (χ2v) is 9.03. The number of carbonyl (C=O) groups excluding carboxylic acids is 5. The summed E-state index contributed by atoms with van der Waals surface area (Å²) in [6.07, 6.45) is 0.546. The van der Waals surface area contributed by atoms with Gasteiger partial charge < -0.3 is 26.4 Å². The van der Waals surface area contributed by atoms with Crippen LogP contribution in [0.15, 0.2) is 54.6 Å². The summed E-state index contributed by atoms with van der Waals surface area (Å²) in [6.45, 7) is 2.67. The van der Waals surface area contributed by atoms with E-state index in [1.165, 1.54) is 31.0 Å². The van der Waals surface area contributed by atoms with Crippen molar-refractivity contribution in [3.8, 4) is 5.75 Å². The number of nitrogens with one attached hydrogen (secondary N) is 4. The first kappa shape index (κ1) is 30.8. The van der Waals surface area contributed by atoms with E-state index in [0.29, 0.717) is 0 Å². The van der Waals surface area contributed by atoms with Crippen molar-refractivity contribution in [2.45, 2.75) is 51.2 Å². The molecule has 0 aliphatic carbocycles. The third kappa shape index (κ3) is 10.1. The van der Waals surface area contributed by atoms with Crippen molar-refractivity contribution in [1.29, 1.82) is 0 Å². The van der Waals surface area contributed by atoms with Crippen LogP contribution in [0.3, 0.4) is 0 Å². The smallest absolute Gasteiger partial charge is 0.261 e. The predicted molar refractivity (Wildman–Crippen MR) is 144 cm³/mol. The molecule has 3 atom stereocenters. The van der Waals surface area contributed by atoms with E-state index < -0.39 is 48.3 Å². The maximum atomic E-state index is 12.9. The number of amides is 5. The van der Waals surface area contributed by atoms with Crippen LogP contribution in [0, 0.1) is 0 Å². The van der Waals surface area contributed by atoms with Gasteiger partial charge in [0.15, 0.2) is 0 Å². The zero-order chi connectivity index (χ0) is 28.9. The molecule has 0 aromatic heterocycles. The fraction of sp³-hybridized carbons (Fsp3) is 0.370. The Hall–Kier alpha value is -4.45. The topological polar surface area (TPSA) is 183 Å². The molecular formula is C27H36N6O6. The lowest BCUT2D eigenvalue weighted by atomic mass is 10.0. The van der Waals surface area contributed by atoms with Crippen molar-refractivity contribution in [3.63, 3.8) is 0 Å². The molecule has 0 saturated carbocycles. The minimum Gasteiger partial charge on any atom is -0.508 e. The minimum absolute atomic E-state index is 0.0949. The lowest BCUT2D eigenvalue weighted by Gasteiger charge is -2.28. The molecule has 39 heavy (non-hydrogen) atoms. The van der Waals surface area contributed by atoms with E-state index in [2.05, 4.69) is 21.5 Å². The van der Waals surface area contributed by atoms with Crippen LogP contribution in [0.2, 0.25) is 0 Å². The Kier molecular flexibility index (Phi) is 11.9. The standard InChI is InChI=1S/C27H36N6O6/c1-4-23(35)31-32-27(39)22(15-18-8-6-5-7-9-18)33(3)24(36)16-29-25(37)17(2)30-26(38)21(28)14-19-10-12-20(34)13-11-19/h5-13,17,21-22,34H,4,14-16,28H2,1-3H3,(H,29,37)(H,30,38)(H,31,35)(H,32,39). The van der Waals surface area contributed by atoms with Crippen LogP contribution in [-0.4, -0.2) is 71.3 Å². The highest BCUT2D eigenvalue weighted by atomic mass is 16.3. The molecular weight excluding hydrogens is 504 g/mol. The quantitative estimate of drug-likeness (QED) is 0.196. The van der Waals surface area contributed by atoms with Crippen molar-refractivity contribution in [2.75, 3.05) is 13.6 Å². The largest absolute Gasteiger partial charge is 0.508 e.